The predicted molar refractivity (Wildman–Crippen MR) is 98.2 cm³/mol. The second kappa shape index (κ2) is 11.1. The van der Waals surface area contributed by atoms with Crippen LogP contribution in [0.2, 0.25) is 0 Å². The Morgan fingerprint density at radius 2 is 1.30 bits per heavy atom. The molecule has 0 aliphatic carbocycles. The van der Waals surface area contributed by atoms with Crippen LogP contribution in [0.5, 0.6) is 0 Å². The molecule has 138 valence electrons. The van der Waals surface area contributed by atoms with Crippen molar-refractivity contribution in [1.29, 1.82) is 0 Å². The Morgan fingerprint density at radius 3 is 1.83 bits per heavy atom. The van der Waals surface area contributed by atoms with Crippen LogP contribution in [0.3, 0.4) is 0 Å². The highest BCUT2D eigenvalue weighted by molar-refractivity contribution is 4.94. The van der Waals surface area contributed by atoms with Crippen molar-refractivity contribution < 1.29 is 14.2 Å². The van der Waals surface area contributed by atoms with Gasteiger partial charge >= 0.3 is 0 Å². The molecule has 0 aromatic carbocycles. The lowest BCUT2D eigenvalue weighted by atomic mass is 9.79. The van der Waals surface area contributed by atoms with Crippen molar-refractivity contribution in [2.75, 3.05) is 0 Å². The summed E-state index contributed by atoms with van der Waals surface area (Å²) < 4.78 is 17.9. The summed E-state index contributed by atoms with van der Waals surface area (Å²) in [6, 6.07) is 0. The molecular formula is C20H40O3. The summed E-state index contributed by atoms with van der Waals surface area (Å²) in [6.45, 7) is 21.2. The standard InChI is InChI=1S/C16H28O3.2C2H6/c1-9-7-8-17-14(6)15(9)19-16-12(4)10(2)11(3)13(5)18-16;2*1-2/h7-16H,1-6H3;2*1-2H3. The number of hydrogen-bond acceptors (Lipinski definition) is 3. The molecule has 0 N–H and O–H groups in total. The predicted octanol–water partition coefficient (Wildman–Crippen LogP) is 5.65. The van der Waals surface area contributed by atoms with Crippen LogP contribution in [0, 0.1) is 23.7 Å². The summed E-state index contributed by atoms with van der Waals surface area (Å²) in [7, 11) is 0. The van der Waals surface area contributed by atoms with E-state index >= 15 is 0 Å². The first-order chi connectivity index (χ1) is 10.9. The fourth-order valence-electron chi connectivity index (χ4n) is 3.07. The van der Waals surface area contributed by atoms with E-state index in [1.54, 1.807) is 6.26 Å². The maximum absolute atomic E-state index is 6.26. The Morgan fingerprint density at radius 1 is 0.739 bits per heavy atom. The fraction of sp³-hybridized carbons (Fsp3) is 0.900. The minimum atomic E-state index is -0.119. The SMILES string of the molecule is CC.CC.CC1C=COC(C)C1OC1OC(C)C(C)C(C)C1C. The molecule has 0 saturated carbocycles. The quantitative estimate of drug-likeness (QED) is 0.656. The highest BCUT2D eigenvalue weighted by Crippen LogP contribution is 2.37. The molecule has 8 unspecified atom stereocenters. The first-order valence-corrected chi connectivity index (χ1v) is 9.54. The van der Waals surface area contributed by atoms with E-state index in [-0.39, 0.29) is 24.6 Å². The molecule has 3 nitrogen and oxygen atoms in total. The molecule has 0 radical (unpaired) electrons. The Kier molecular flexibility index (Phi) is 10.8. The first kappa shape index (κ1) is 22.5. The minimum Gasteiger partial charge on any atom is -0.496 e. The van der Waals surface area contributed by atoms with Gasteiger partial charge < -0.3 is 14.2 Å². The van der Waals surface area contributed by atoms with Gasteiger partial charge in [0.2, 0.25) is 0 Å². The number of hydrogen-bond donors (Lipinski definition) is 0. The van der Waals surface area contributed by atoms with Crippen molar-refractivity contribution in [3.05, 3.63) is 12.3 Å². The highest BCUT2D eigenvalue weighted by Gasteiger charge is 2.40. The molecule has 0 aromatic rings. The molecule has 2 aliphatic heterocycles. The van der Waals surface area contributed by atoms with E-state index < -0.39 is 0 Å². The highest BCUT2D eigenvalue weighted by atomic mass is 16.7. The Bertz CT molecular complexity index is 329. The average molecular weight is 329 g/mol. The van der Waals surface area contributed by atoms with Gasteiger partial charge in [0.1, 0.15) is 12.2 Å². The van der Waals surface area contributed by atoms with Crippen LogP contribution >= 0.6 is 0 Å². The maximum Gasteiger partial charge on any atom is 0.161 e. The van der Waals surface area contributed by atoms with E-state index in [4.69, 9.17) is 14.2 Å². The average Bonchev–Trinajstić information content (AvgIpc) is 2.57. The molecule has 0 bridgehead atoms. The summed E-state index contributed by atoms with van der Waals surface area (Å²) in [6.07, 6.45) is 4.14. The first-order valence-electron chi connectivity index (χ1n) is 9.54. The second-order valence-corrected chi connectivity index (χ2v) is 6.42. The van der Waals surface area contributed by atoms with Gasteiger partial charge in [0, 0.05) is 11.8 Å². The van der Waals surface area contributed by atoms with Gasteiger partial charge in [-0.2, -0.15) is 0 Å². The zero-order chi connectivity index (χ0) is 18.2. The maximum atomic E-state index is 6.26. The number of ether oxygens (including phenoxy) is 3. The van der Waals surface area contributed by atoms with Gasteiger partial charge in [-0.25, -0.2) is 0 Å². The third-order valence-electron chi connectivity index (χ3n) is 5.12. The smallest absolute Gasteiger partial charge is 0.161 e. The van der Waals surface area contributed by atoms with Crippen LogP contribution in [-0.4, -0.2) is 24.6 Å². The molecule has 0 aromatic heterocycles. The lowest BCUT2D eigenvalue weighted by molar-refractivity contribution is -0.275. The van der Waals surface area contributed by atoms with Gasteiger partial charge in [0.15, 0.2) is 6.29 Å². The van der Waals surface area contributed by atoms with Crippen molar-refractivity contribution in [2.45, 2.75) is 93.8 Å². The Balaban J connectivity index is 0.00000112. The molecule has 1 saturated heterocycles. The van der Waals surface area contributed by atoms with Gasteiger partial charge in [0.05, 0.1) is 12.4 Å². The van der Waals surface area contributed by atoms with Crippen LogP contribution in [-0.2, 0) is 14.2 Å². The van der Waals surface area contributed by atoms with Crippen LogP contribution in [0.4, 0.5) is 0 Å². The third-order valence-corrected chi connectivity index (χ3v) is 5.12. The summed E-state index contributed by atoms with van der Waals surface area (Å²) in [5, 5.41) is 0. The summed E-state index contributed by atoms with van der Waals surface area (Å²) in [5.74, 6) is 1.97. The lowest BCUT2D eigenvalue weighted by Gasteiger charge is -2.44. The molecule has 8 atom stereocenters. The molecular weight excluding hydrogens is 288 g/mol. The number of rotatable bonds is 2. The fourth-order valence-corrected chi connectivity index (χ4v) is 3.07. The zero-order valence-electron chi connectivity index (χ0n) is 17.0. The van der Waals surface area contributed by atoms with Gasteiger partial charge in [-0.1, -0.05) is 55.4 Å². The summed E-state index contributed by atoms with van der Waals surface area (Å²) in [5.41, 5.74) is 0. The van der Waals surface area contributed by atoms with Gasteiger partial charge in [-0.05, 0) is 31.8 Å². The molecule has 1 fully saturated rings. The molecule has 3 heteroatoms. The van der Waals surface area contributed by atoms with E-state index in [1.807, 2.05) is 27.7 Å². The second-order valence-electron chi connectivity index (χ2n) is 6.42. The van der Waals surface area contributed by atoms with E-state index in [1.165, 1.54) is 0 Å². The topological polar surface area (TPSA) is 27.7 Å². The Hall–Kier alpha value is -0.540. The van der Waals surface area contributed by atoms with Gasteiger partial charge in [-0.15, -0.1) is 0 Å². The molecule has 0 amide bonds. The van der Waals surface area contributed by atoms with Gasteiger partial charge in [-0.3, -0.25) is 0 Å². The van der Waals surface area contributed by atoms with Crippen LogP contribution in [0.15, 0.2) is 12.3 Å². The molecule has 2 heterocycles. The Labute approximate surface area is 144 Å². The van der Waals surface area contributed by atoms with E-state index in [2.05, 4.69) is 47.6 Å². The minimum absolute atomic E-state index is 0.0743. The molecule has 0 spiro atoms. The zero-order valence-corrected chi connectivity index (χ0v) is 17.0. The van der Waals surface area contributed by atoms with E-state index in [0.29, 0.717) is 23.7 Å². The van der Waals surface area contributed by atoms with Crippen LogP contribution < -0.4 is 0 Å². The normalized spacial score (nSPS) is 42.5. The lowest BCUT2D eigenvalue weighted by Crippen LogP contribution is -2.48. The van der Waals surface area contributed by atoms with Crippen molar-refractivity contribution in [2.24, 2.45) is 23.7 Å². The third kappa shape index (κ3) is 5.79. The molecule has 2 rings (SSSR count). The summed E-state index contributed by atoms with van der Waals surface area (Å²) in [4.78, 5) is 0. The van der Waals surface area contributed by atoms with Crippen LogP contribution in [0.1, 0.15) is 69.2 Å². The monoisotopic (exact) mass is 328 g/mol. The van der Waals surface area contributed by atoms with E-state index in [9.17, 15) is 0 Å². The summed E-state index contributed by atoms with van der Waals surface area (Å²) >= 11 is 0. The molecule has 23 heavy (non-hydrogen) atoms. The van der Waals surface area contributed by atoms with E-state index in [0.717, 1.165) is 0 Å². The van der Waals surface area contributed by atoms with Crippen molar-refractivity contribution >= 4 is 0 Å². The molecule has 2 aliphatic rings. The largest absolute Gasteiger partial charge is 0.496 e. The van der Waals surface area contributed by atoms with Gasteiger partial charge in [0.25, 0.3) is 0 Å². The van der Waals surface area contributed by atoms with Crippen molar-refractivity contribution in [3.8, 4) is 0 Å². The van der Waals surface area contributed by atoms with Crippen LogP contribution in [0.25, 0.3) is 0 Å². The van der Waals surface area contributed by atoms with Crippen molar-refractivity contribution in [1.82, 2.24) is 0 Å². The van der Waals surface area contributed by atoms with Crippen molar-refractivity contribution in [3.63, 3.8) is 0 Å².